The highest BCUT2D eigenvalue weighted by Crippen LogP contribution is 2.24. The van der Waals surface area contributed by atoms with Gasteiger partial charge in [-0.25, -0.2) is 0 Å². The summed E-state index contributed by atoms with van der Waals surface area (Å²) >= 11 is 1.71. The molecule has 0 bridgehead atoms. The predicted molar refractivity (Wildman–Crippen MR) is 71.1 cm³/mol. The molecule has 1 aliphatic rings. The molecule has 1 fully saturated rings. The molecule has 0 radical (unpaired) electrons. The first-order valence-electron chi connectivity index (χ1n) is 6.55. The van der Waals surface area contributed by atoms with Gasteiger partial charge in [-0.2, -0.15) is 0 Å². The molecule has 1 heterocycles. The van der Waals surface area contributed by atoms with Gasteiger partial charge in [-0.05, 0) is 19.8 Å². The van der Waals surface area contributed by atoms with E-state index < -0.39 is 0 Å². The summed E-state index contributed by atoms with van der Waals surface area (Å²) in [7, 11) is 0. The van der Waals surface area contributed by atoms with Gasteiger partial charge in [0.2, 0.25) is 0 Å². The van der Waals surface area contributed by atoms with Crippen LogP contribution < -0.4 is 0 Å². The lowest BCUT2D eigenvalue weighted by Crippen LogP contribution is -2.40. The lowest BCUT2D eigenvalue weighted by molar-refractivity contribution is 0.0776. The Bertz CT molecular complexity index is 307. The zero-order valence-electron chi connectivity index (χ0n) is 10.5. The summed E-state index contributed by atoms with van der Waals surface area (Å²) in [6, 6.07) is 0.653. The molecule has 1 aromatic heterocycles. The average molecular weight is 254 g/mol. The van der Waals surface area contributed by atoms with Gasteiger partial charge in [-0.15, -0.1) is 11.3 Å². The lowest BCUT2D eigenvalue weighted by atomic mass is 9.94. The number of nitrogens with zero attached hydrogens (tertiary/aromatic N) is 2. The van der Waals surface area contributed by atoms with Crippen LogP contribution in [0.25, 0.3) is 0 Å². The zero-order chi connectivity index (χ0) is 12.1. The minimum Gasteiger partial charge on any atom is -0.392 e. The quantitative estimate of drug-likeness (QED) is 0.877. The molecule has 1 saturated carbocycles. The third-order valence-corrected chi connectivity index (χ3v) is 4.20. The van der Waals surface area contributed by atoms with Crippen LogP contribution in [0, 0.1) is 0 Å². The summed E-state index contributed by atoms with van der Waals surface area (Å²) in [6.45, 7) is 3.60. The van der Waals surface area contributed by atoms with Gasteiger partial charge < -0.3 is 5.11 Å². The van der Waals surface area contributed by atoms with Crippen LogP contribution in [0.15, 0.2) is 11.7 Å². The Balaban J connectivity index is 1.96. The maximum absolute atomic E-state index is 9.63. The van der Waals surface area contributed by atoms with Gasteiger partial charge in [-0.3, -0.25) is 9.88 Å². The van der Waals surface area contributed by atoms with Crippen molar-refractivity contribution in [1.29, 1.82) is 0 Å². The second-order valence-electron chi connectivity index (χ2n) is 5.04. The molecular weight excluding hydrogens is 232 g/mol. The van der Waals surface area contributed by atoms with Gasteiger partial charge in [-0.1, -0.05) is 19.3 Å². The van der Waals surface area contributed by atoms with Crippen LogP contribution in [-0.4, -0.2) is 33.7 Å². The summed E-state index contributed by atoms with van der Waals surface area (Å²) in [5, 5.41) is 9.63. The van der Waals surface area contributed by atoms with Crippen LogP contribution in [-0.2, 0) is 6.54 Å². The van der Waals surface area contributed by atoms with Crippen molar-refractivity contribution in [2.45, 2.75) is 57.7 Å². The Morgan fingerprint density at radius 1 is 1.47 bits per heavy atom. The number of aromatic nitrogens is 1. The van der Waals surface area contributed by atoms with Crippen LogP contribution in [0.4, 0.5) is 0 Å². The zero-order valence-corrected chi connectivity index (χ0v) is 11.3. The molecule has 0 aromatic carbocycles. The molecule has 2 rings (SSSR count). The van der Waals surface area contributed by atoms with Crippen LogP contribution in [0.5, 0.6) is 0 Å². The molecule has 0 aliphatic heterocycles. The summed E-state index contributed by atoms with van der Waals surface area (Å²) in [6.07, 6.45) is 8.32. The summed E-state index contributed by atoms with van der Waals surface area (Å²) in [5.41, 5.74) is 1.89. The van der Waals surface area contributed by atoms with E-state index in [9.17, 15) is 5.11 Å². The highest BCUT2D eigenvalue weighted by Gasteiger charge is 2.22. The Kier molecular flexibility index (Phi) is 4.95. The SMILES string of the molecule is CC(O)CN(Cc1cncs1)C1CCCCC1. The summed E-state index contributed by atoms with van der Waals surface area (Å²) in [5.74, 6) is 0. The van der Waals surface area contributed by atoms with Gasteiger partial charge in [0.1, 0.15) is 0 Å². The van der Waals surface area contributed by atoms with E-state index in [0.717, 1.165) is 13.1 Å². The number of rotatable bonds is 5. The molecule has 1 unspecified atom stereocenters. The lowest BCUT2D eigenvalue weighted by Gasteiger charge is -2.34. The molecule has 1 aromatic rings. The molecule has 4 heteroatoms. The minimum absolute atomic E-state index is 0.246. The van der Waals surface area contributed by atoms with E-state index in [4.69, 9.17) is 0 Å². The maximum Gasteiger partial charge on any atom is 0.0794 e. The van der Waals surface area contributed by atoms with Crippen LogP contribution in [0.1, 0.15) is 43.9 Å². The number of hydrogen-bond donors (Lipinski definition) is 1. The Morgan fingerprint density at radius 2 is 2.24 bits per heavy atom. The highest BCUT2D eigenvalue weighted by atomic mass is 32.1. The van der Waals surface area contributed by atoms with Crippen molar-refractivity contribution < 1.29 is 5.11 Å². The molecule has 1 aliphatic carbocycles. The largest absolute Gasteiger partial charge is 0.392 e. The van der Waals surface area contributed by atoms with Gasteiger partial charge in [0, 0.05) is 30.2 Å². The molecule has 17 heavy (non-hydrogen) atoms. The van der Waals surface area contributed by atoms with E-state index in [-0.39, 0.29) is 6.10 Å². The van der Waals surface area contributed by atoms with Crippen LogP contribution in [0.3, 0.4) is 0 Å². The number of aliphatic hydroxyl groups is 1. The monoisotopic (exact) mass is 254 g/mol. The fourth-order valence-electron chi connectivity index (χ4n) is 2.65. The van der Waals surface area contributed by atoms with Gasteiger partial charge in [0.15, 0.2) is 0 Å². The number of hydrogen-bond acceptors (Lipinski definition) is 4. The van der Waals surface area contributed by atoms with E-state index in [2.05, 4.69) is 9.88 Å². The minimum atomic E-state index is -0.246. The van der Waals surface area contributed by atoms with Crippen LogP contribution in [0.2, 0.25) is 0 Å². The second kappa shape index (κ2) is 6.47. The van der Waals surface area contributed by atoms with Crippen molar-refractivity contribution >= 4 is 11.3 Å². The second-order valence-corrected chi connectivity index (χ2v) is 6.01. The highest BCUT2D eigenvalue weighted by molar-refractivity contribution is 7.09. The smallest absolute Gasteiger partial charge is 0.0794 e. The van der Waals surface area contributed by atoms with Gasteiger partial charge in [0.25, 0.3) is 0 Å². The van der Waals surface area contributed by atoms with Crippen molar-refractivity contribution in [1.82, 2.24) is 9.88 Å². The molecule has 0 amide bonds. The van der Waals surface area contributed by atoms with Crippen molar-refractivity contribution in [3.63, 3.8) is 0 Å². The van der Waals surface area contributed by atoms with Gasteiger partial charge in [0.05, 0.1) is 11.6 Å². The molecule has 3 nitrogen and oxygen atoms in total. The first-order valence-corrected chi connectivity index (χ1v) is 7.43. The van der Waals surface area contributed by atoms with E-state index >= 15 is 0 Å². The van der Waals surface area contributed by atoms with E-state index in [0.29, 0.717) is 6.04 Å². The third kappa shape index (κ3) is 4.05. The predicted octanol–water partition coefficient (Wildman–Crippen LogP) is 2.66. The molecule has 1 atom stereocenters. The first-order chi connectivity index (χ1) is 8.25. The standard InChI is InChI=1S/C13H22N2OS/c1-11(16)8-15(9-13-7-14-10-17-13)12-5-3-2-4-6-12/h7,10-12,16H,2-6,8-9H2,1H3. The Labute approximate surface area is 107 Å². The average Bonchev–Trinajstić information content (AvgIpc) is 2.82. The Hall–Kier alpha value is -0.450. The topological polar surface area (TPSA) is 36.4 Å². The van der Waals surface area contributed by atoms with E-state index in [1.165, 1.54) is 37.0 Å². The van der Waals surface area contributed by atoms with E-state index in [1.54, 1.807) is 11.3 Å². The number of thiazole rings is 1. The van der Waals surface area contributed by atoms with Crippen LogP contribution >= 0.6 is 11.3 Å². The molecule has 1 N–H and O–H groups in total. The third-order valence-electron chi connectivity index (χ3n) is 3.43. The van der Waals surface area contributed by atoms with Crippen molar-refractivity contribution in [2.24, 2.45) is 0 Å². The normalized spacial score (nSPS) is 19.7. The van der Waals surface area contributed by atoms with Crippen molar-refractivity contribution in [3.8, 4) is 0 Å². The van der Waals surface area contributed by atoms with Crippen molar-refractivity contribution in [3.05, 3.63) is 16.6 Å². The Morgan fingerprint density at radius 3 is 2.82 bits per heavy atom. The van der Waals surface area contributed by atoms with Gasteiger partial charge >= 0.3 is 0 Å². The summed E-state index contributed by atoms with van der Waals surface area (Å²) in [4.78, 5) is 7.87. The molecule has 96 valence electrons. The number of aliphatic hydroxyl groups excluding tert-OH is 1. The van der Waals surface area contributed by atoms with E-state index in [1.807, 2.05) is 18.6 Å². The molecule has 0 spiro atoms. The summed E-state index contributed by atoms with van der Waals surface area (Å²) < 4.78 is 0. The fraction of sp³-hybridized carbons (Fsp3) is 0.769. The fourth-order valence-corrected chi connectivity index (χ4v) is 3.27. The first kappa shape index (κ1) is 13.0. The molecular formula is C13H22N2OS. The molecule has 0 saturated heterocycles. The maximum atomic E-state index is 9.63. The van der Waals surface area contributed by atoms with Crippen molar-refractivity contribution in [2.75, 3.05) is 6.54 Å².